The number of anilines is 1. The van der Waals surface area contributed by atoms with E-state index in [0.717, 1.165) is 10.2 Å². The lowest BCUT2D eigenvalue weighted by atomic mass is 10.00. The van der Waals surface area contributed by atoms with Crippen molar-refractivity contribution in [1.29, 1.82) is 5.26 Å². The van der Waals surface area contributed by atoms with Gasteiger partial charge in [-0.25, -0.2) is 0 Å². The molecule has 0 aliphatic carbocycles. The van der Waals surface area contributed by atoms with Gasteiger partial charge in [0.25, 0.3) is 0 Å². The Kier molecular flexibility index (Phi) is 3.20. The normalized spacial score (nSPS) is 21.9. The molecule has 1 fully saturated rings. The van der Waals surface area contributed by atoms with Crippen molar-refractivity contribution in [2.45, 2.75) is 12.0 Å². The molecule has 1 saturated heterocycles. The highest BCUT2D eigenvalue weighted by atomic mass is 79.9. The van der Waals surface area contributed by atoms with Crippen molar-refractivity contribution in [1.82, 2.24) is 15.4 Å². The molecule has 0 radical (unpaired) electrons. The largest absolute Gasteiger partial charge is 0.381 e. The Morgan fingerprint density at radius 1 is 1.50 bits per heavy atom. The summed E-state index contributed by atoms with van der Waals surface area (Å²) in [5.41, 5.74) is 1.14. The third-order valence-electron chi connectivity index (χ3n) is 3.56. The average Bonchev–Trinajstić information content (AvgIpc) is 3.09. The zero-order valence-corrected chi connectivity index (χ0v) is 12.1. The molecule has 1 aliphatic rings. The Morgan fingerprint density at radius 3 is 3.00 bits per heavy atom. The maximum atomic E-state index is 10.6. The summed E-state index contributed by atoms with van der Waals surface area (Å²) in [6, 6.07) is 7.54. The van der Waals surface area contributed by atoms with Crippen molar-refractivity contribution in [3.63, 3.8) is 0 Å². The lowest BCUT2D eigenvalue weighted by molar-refractivity contribution is 0.0560. The number of nitriles is 1. The van der Waals surface area contributed by atoms with Gasteiger partial charge in [0.2, 0.25) is 0 Å². The minimum Gasteiger partial charge on any atom is -0.381 e. The molecule has 20 heavy (non-hydrogen) atoms. The molecule has 0 bridgehead atoms. The number of aromatic amines is 1. The Bertz CT molecular complexity index is 666. The number of halogens is 1. The number of nitrogens with zero attached hydrogens (tertiary/aromatic N) is 4. The predicted molar refractivity (Wildman–Crippen MR) is 76.0 cm³/mol. The van der Waals surface area contributed by atoms with Gasteiger partial charge in [-0.05, 0) is 34.1 Å². The summed E-state index contributed by atoms with van der Waals surface area (Å²) in [6.45, 7) is 1.16. The lowest BCUT2D eigenvalue weighted by Gasteiger charge is -2.23. The highest BCUT2D eigenvalue weighted by Crippen LogP contribution is 2.36. The fraction of sp³-hybridized carbons (Fsp3) is 0.308. The molecule has 0 spiro atoms. The Morgan fingerprint density at radius 2 is 2.35 bits per heavy atom. The van der Waals surface area contributed by atoms with Crippen LogP contribution in [0.15, 0.2) is 28.9 Å². The lowest BCUT2D eigenvalue weighted by Crippen LogP contribution is -2.31. The maximum Gasteiger partial charge on any atom is 0.129 e. The SMILES string of the molecule is N#Cc1ccc(N2CC[C@@](O)(c3cn[nH]n3)C2)c(Br)c1. The molecule has 2 heterocycles. The second-order valence-corrected chi connectivity index (χ2v) is 5.69. The van der Waals surface area contributed by atoms with Crippen LogP contribution in [-0.4, -0.2) is 33.6 Å². The molecule has 3 rings (SSSR count). The van der Waals surface area contributed by atoms with Crippen LogP contribution in [0.2, 0.25) is 0 Å². The van der Waals surface area contributed by atoms with Crippen LogP contribution in [0.25, 0.3) is 0 Å². The van der Waals surface area contributed by atoms with Crippen LogP contribution in [0.3, 0.4) is 0 Å². The van der Waals surface area contributed by atoms with Crippen molar-refractivity contribution in [2.75, 3.05) is 18.0 Å². The van der Waals surface area contributed by atoms with Crippen LogP contribution >= 0.6 is 15.9 Å². The number of aromatic nitrogens is 3. The van der Waals surface area contributed by atoms with Gasteiger partial charge in [0.1, 0.15) is 11.3 Å². The minimum atomic E-state index is -0.986. The molecule has 7 heteroatoms. The molecule has 2 N–H and O–H groups in total. The summed E-state index contributed by atoms with van der Waals surface area (Å²) in [5, 5.41) is 29.8. The van der Waals surface area contributed by atoms with E-state index in [-0.39, 0.29) is 0 Å². The fourth-order valence-electron chi connectivity index (χ4n) is 2.47. The molecule has 1 aromatic carbocycles. The van der Waals surface area contributed by atoms with Crippen molar-refractivity contribution in [3.8, 4) is 6.07 Å². The highest BCUT2D eigenvalue weighted by molar-refractivity contribution is 9.10. The second-order valence-electron chi connectivity index (χ2n) is 4.84. The number of hydrogen-bond donors (Lipinski definition) is 2. The number of benzene rings is 1. The first kappa shape index (κ1) is 13.1. The Hall–Kier alpha value is -1.91. The van der Waals surface area contributed by atoms with E-state index in [0.29, 0.717) is 30.8 Å². The number of nitrogens with one attached hydrogen (secondary N) is 1. The summed E-state index contributed by atoms with van der Waals surface area (Å²) < 4.78 is 0.848. The molecule has 102 valence electrons. The van der Waals surface area contributed by atoms with Crippen LogP contribution in [0.5, 0.6) is 0 Å². The van der Waals surface area contributed by atoms with Gasteiger partial charge in [-0.15, -0.1) is 0 Å². The van der Waals surface area contributed by atoms with E-state index in [9.17, 15) is 5.11 Å². The van der Waals surface area contributed by atoms with Gasteiger partial charge in [0, 0.05) is 17.4 Å². The molecule has 0 unspecified atom stereocenters. The number of β-amino-alcohol motifs (C(OH)–C–C–N with tert-alkyl or cyclic N) is 1. The Balaban J connectivity index is 1.86. The van der Waals surface area contributed by atoms with Gasteiger partial charge < -0.3 is 10.0 Å². The summed E-state index contributed by atoms with van der Waals surface area (Å²) in [5.74, 6) is 0. The maximum absolute atomic E-state index is 10.6. The van der Waals surface area contributed by atoms with Crippen LogP contribution < -0.4 is 4.90 Å². The molecule has 2 aromatic rings. The topological polar surface area (TPSA) is 88.8 Å². The van der Waals surface area contributed by atoms with Crippen LogP contribution in [0.4, 0.5) is 5.69 Å². The van der Waals surface area contributed by atoms with E-state index >= 15 is 0 Å². The second kappa shape index (κ2) is 4.89. The standard InChI is InChI=1S/C13H12BrN5O/c14-10-5-9(6-15)1-2-11(10)19-4-3-13(20,8-19)12-7-16-18-17-12/h1-2,5,7,20H,3-4,8H2,(H,16,17,18)/t13-/m0/s1. The van der Waals surface area contributed by atoms with Crippen LogP contribution in [0, 0.1) is 11.3 Å². The molecule has 1 atom stereocenters. The molecule has 0 saturated carbocycles. The molecular formula is C13H12BrN5O. The van der Waals surface area contributed by atoms with Gasteiger partial charge in [-0.3, -0.25) is 0 Å². The van der Waals surface area contributed by atoms with E-state index in [1.54, 1.807) is 18.3 Å². The molecule has 1 aromatic heterocycles. The number of H-pyrrole nitrogens is 1. The third kappa shape index (κ3) is 2.17. The molecule has 6 nitrogen and oxygen atoms in total. The monoisotopic (exact) mass is 333 g/mol. The van der Waals surface area contributed by atoms with Crippen molar-refractivity contribution < 1.29 is 5.11 Å². The highest BCUT2D eigenvalue weighted by Gasteiger charge is 2.40. The molecule has 1 aliphatic heterocycles. The predicted octanol–water partition coefficient (Wildman–Crippen LogP) is 1.54. The number of hydrogen-bond acceptors (Lipinski definition) is 5. The van der Waals surface area contributed by atoms with Gasteiger partial charge in [-0.1, -0.05) is 0 Å². The van der Waals surface area contributed by atoms with Gasteiger partial charge in [-0.2, -0.15) is 20.7 Å². The number of aliphatic hydroxyl groups is 1. The zero-order valence-electron chi connectivity index (χ0n) is 10.5. The summed E-state index contributed by atoms with van der Waals surface area (Å²) >= 11 is 3.48. The molecule has 0 amide bonds. The average molecular weight is 334 g/mol. The van der Waals surface area contributed by atoms with E-state index in [2.05, 4.69) is 42.3 Å². The Labute approximate surface area is 124 Å². The first-order valence-electron chi connectivity index (χ1n) is 6.16. The van der Waals surface area contributed by atoms with Crippen molar-refractivity contribution in [3.05, 3.63) is 40.1 Å². The molecular weight excluding hydrogens is 322 g/mol. The third-order valence-corrected chi connectivity index (χ3v) is 4.19. The van der Waals surface area contributed by atoms with E-state index < -0.39 is 5.60 Å². The minimum absolute atomic E-state index is 0.448. The van der Waals surface area contributed by atoms with Crippen LogP contribution in [0.1, 0.15) is 17.7 Å². The number of rotatable bonds is 2. The van der Waals surface area contributed by atoms with Crippen molar-refractivity contribution in [2.24, 2.45) is 0 Å². The first-order chi connectivity index (χ1) is 9.62. The fourth-order valence-corrected chi connectivity index (χ4v) is 3.10. The first-order valence-corrected chi connectivity index (χ1v) is 6.95. The van der Waals surface area contributed by atoms with E-state index in [1.807, 2.05) is 6.07 Å². The summed E-state index contributed by atoms with van der Waals surface area (Å²) in [6.07, 6.45) is 2.14. The van der Waals surface area contributed by atoms with Gasteiger partial charge in [0.05, 0.1) is 30.1 Å². The summed E-state index contributed by atoms with van der Waals surface area (Å²) in [4.78, 5) is 2.07. The smallest absolute Gasteiger partial charge is 0.129 e. The quantitative estimate of drug-likeness (QED) is 0.870. The van der Waals surface area contributed by atoms with E-state index in [4.69, 9.17) is 5.26 Å². The van der Waals surface area contributed by atoms with Crippen LogP contribution in [-0.2, 0) is 5.60 Å². The van der Waals surface area contributed by atoms with Gasteiger partial charge in [0.15, 0.2) is 0 Å². The summed E-state index contributed by atoms with van der Waals surface area (Å²) in [7, 11) is 0. The zero-order chi connectivity index (χ0) is 14.2. The van der Waals surface area contributed by atoms with Gasteiger partial charge >= 0.3 is 0 Å². The van der Waals surface area contributed by atoms with Crippen molar-refractivity contribution >= 4 is 21.6 Å². The van der Waals surface area contributed by atoms with E-state index in [1.165, 1.54) is 0 Å².